The van der Waals surface area contributed by atoms with Gasteiger partial charge >= 0.3 is 0 Å². The summed E-state index contributed by atoms with van der Waals surface area (Å²) in [5.41, 5.74) is 1.96. The fraction of sp³-hybridized carbons (Fsp3) is 0.391. The highest BCUT2D eigenvalue weighted by Gasteiger charge is 2.22. The van der Waals surface area contributed by atoms with Gasteiger partial charge in [-0.05, 0) is 57.4 Å². The Morgan fingerprint density at radius 2 is 1.77 bits per heavy atom. The second kappa shape index (κ2) is 10.1. The lowest BCUT2D eigenvalue weighted by molar-refractivity contribution is -0.384. The third-order valence-corrected chi connectivity index (χ3v) is 5.55. The minimum Gasteiger partial charge on any atom is -0.371 e. The second-order valence-electron chi connectivity index (χ2n) is 7.52. The number of nitro groups is 1. The van der Waals surface area contributed by atoms with Crippen molar-refractivity contribution in [2.24, 2.45) is 0 Å². The molecule has 1 aliphatic rings. The largest absolute Gasteiger partial charge is 0.371 e. The van der Waals surface area contributed by atoms with Crippen LogP contribution in [-0.2, 0) is 0 Å². The Morgan fingerprint density at radius 3 is 2.42 bits per heavy atom. The van der Waals surface area contributed by atoms with Crippen molar-refractivity contribution < 1.29 is 14.5 Å². The average Bonchev–Trinajstić information content (AvgIpc) is 2.80. The Hall–Kier alpha value is -3.42. The molecule has 0 saturated carbocycles. The van der Waals surface area contributed by atoms with Gasteiger partial charge in [0.2, 0.25) is 0 Å². The highest BCUT2D eigenvalue weighted by Crippen LogP contribution is 2.29. The minimum absolute atomic E-state index is 0.0722. The molecule has 0 atom stereocenters. The van der Waals surface area contributed by atoms with Gasteiger partial charge in [-0.3, -0.25) is 19.7 Å². The number of hydrogen-bond acceptors (Lipinski definition) is 5. The van der Waals surface area contributed by atoms with Crippen molar-refractivity contribution in [1.29, 1.82) is 0 Å². The fourth-order valence-corrected chi connectivity index (χ4v) is 3.84. The normalized spacial score (nSPS) is 13.5. The number of amides is 2. The van der Waals surface area contributed by atoms with Crippen LogP contribution in [0.3, 0.4) is 0 Å². The van der Waals surface area contributed by atoms with Crippen molar-refractivity contribution in [3.63, 3.8) is 0 Å². The average molecular weight is 425 g/mol. The van der Waals surface area contributed by atoms with E-state index in [2.05, 4.69) is 10.2 Å². The van der Waals surface area contributed by atoms with Gasteiger partial charge in [0.25, 0.3) is 17.5 Å². The van der Waals surface area contributed by atoms with E-state index in [0.717, 1.165) is 31.6 Å². The smallest absolute Gasteiger partial charge is 0.270 e. The molecule has 1 aliphatic heterocycles. The quantitative estimate of drug-likeness (QED) is 0.527. The monoisotopic (exact) mass is 424 g/mol. The summed E-state index contributed by atoms with van der Waals surface area (Å²) >= 11 is 0. The molecule has 0 aliphatic carbocycles. The summed E-state index contributed by atoms with van der Waals surface area (Å²) in [5.74, 6) is -0.535. The number of piperidine rings is 1. The lowest BCUT2D eigenvalue weighted by Gasteiger charge is -2.31. The molecule has 3 rings (SSSR count). The van der Waals surface area contributed by atoms with E-state index in [1.54, 1.807) is 17.0 Å². The SMILES string of the molecule is CCN(CC)C(=O)c1cc(NC(=O)c2cccc([N+](=O)[O-])c2)ccc1N1CCCCC1. The summed E-state index contributed by atoms with van der Waals surface area (Å²) in [7, 11) is 0. The Balaban J connectivity index is 1.91. The van der Waals surface area contributed by atoms with E-state index in [1.165, 1.54) is 30.7 Å². The zero-order valence-electron chi connectivity index (χ0n) is 18.0. The summed E-state index contributed by atoms with van der Waals surface area (Å²) < 4.78 is 0. The number of carbonyl (C=O) groups is 2. The zero-order chi connectivity index (χ0) is 22.4. The van der Waals surface area contributed by atoms with Crippen molar-refractivity contribution in [2.45, 2.75) is 33.1 Å². The molecular weight excluding hydrogens is 396 g/mol. The first-order chi connectivity index (χ1) is 14.9. The van der Waals surface area contributed by atoms with Crippen molar-refractivity contribution in [3.05, 3.63) is 63.7 Å². The number of nitrogens with zero attached hydrogens (tertiary/aromatic N) is 3. The number of nitrogens with one attached hydrogen (secondary N) is 1. The van der Waals surface area contributed by atoms with Crippen LogP contribution in [0.25, 0.3) is 0 Å². The first-order valence-corrected chi connectivity index (χ1v) is 10.7. The van der Waals surface area contributed by atoms with Gasteiger partial charge in [-0.25, -0.2) is 0 Å². The maximum atomic E-state index is 13.2. The van der Waals surface area contributed by atoms with E-state index in [-0.39, 0.29) is 17.2 Å². The molecule has 1 heterocycles. The molecule has 31 heavy (non-hydrogen) atoms. The fourth-order valence-electron chi connectivity index (χ4n) is 3.84. The highest BCUT2D eigenvalue weighted by molar-refractivity contribution is 6.06. The lowest BCUT2D eigenvalue weighted by Crippen LogP contribution is -2.35. The molecule has 1 N–H and O–H groups in total. The minimum atomic E-state index is -0.537. The predicted molar refractivity (Wildman–Crippen MR) is 121 cm³/mol. The molecule has 8 nitrogen and oxygen atoms in total. The Bertz CT molecular complexity index is 966. The van der Waals surface area contributed by atoms with Crippen LogP contribution in [0.15, 0.2) is 42.5 Å². The molecule has 2 aromatic rings. The first-order valence-electron chi connectivity index (χ1n) is 10.7. The molecule has 8 heteroatoms. The molecule has 0 unspecified atom stereocenters. The molecule has 164 valence electrons. The topological polar surface area (TPSA) is 95.8 Å². The molecule has 0 spiro atoms. The summed E-state index contributed by atoms with van der Waals surface area (Å²) in [5, 5.41) is 13.8. The van der Waals surface area contributed by atoms with Crippen LogP contribution in [0.4, 0.5) is 17.1 Å². The van der Waals surface area contributed by atoms with Crippen LogP contribution < -0.4 is 10.2 Å². The number of anilines is 2. The maximum Gasteiger partial charge on any atom is 0.270 e. The highest BCUT2D eigenvalue weighted by atomic mass is 16.6. The van der Waals surface area contributed by atoms with Crippen molar-refractivity contribution in [1.82, 2.24) is 4.90 Å². The standard InChI is InChI=1S/C23H28N4O4/c1-3-25(4-2)23(29)20-16-18(11-12-21(20)26-13-6-5-7-14-26)24-22(28)17-9-8-10-19(15-17)27(30)31/h8-12,15-16H,3-7,13-14H2,1-2H3,(H,24,28). The van der Waals surface area contributed by atoms with E-state index < -0.39 is 10.8 Å². The van der Waals surface area contributed by atoms with Gasteiger partial charge in [0.05, 0.1) is 10.5 Å². The summed E-state index contributed by atoms with van der Waals surface area (Å²) in [4.78, 5) is 40.3. The van der Waals surface area contributed by atoms with Crippen LogP contribution in [0.5, 0.6) is 0 Å². The summed E-state index contributed by atoms with van der Waals surface area (Å²) in [6, 6.07) is 10.9. The number of rotatable bonds is 7. The van der Waals surface area contributed by atoms with Gasteiger partial charge in [0.1, 0.15) is 0 Å². The molecule has 0 radical (unpaired) electrons. The van der Waals surface area contributed by atoms with E-state index in [0.29, 0.717) is 24.3 Å². The number of benzene rings is 2. The van der Waals surface area contributed by atoms with Crippen LogP contribution in [0, 0.1) is 10.1 Å². The predicted octanol–water partition coefficient (Wildman–Crippen LogP) is 4.32. The number of hydrogen-bond donors (Lipinski definition) is 1. The second-order valence-corrected chi connectivity index (χ2v) is 7.52. The molecule has 0 aromatic heterocycles. The van der Waals surface area contributed by atoms with Gasteiger partial charge in [0.15, 0.2) is 0 Å². The van der Waals surface area contributed by atoms with Crippen molar-refractivity contribution in [2.75, 3.05) is 36.4 Å². The van der Waals surface area contributed by atoms with Gasteiger partial charge in [-0.2, -0.15) is 0 Å². The molecular formula is C23H28N4O4. The lowest BCUT2D eigenvalue weighted by atomic mass is 10.0. The first kappa shape index (κ1) is 22.3. The third-order valence-electron chi connectivity index (χ3n) is 5.55. The van der Waals surface area contributed by atoms with Gasteiger partial charge in [-0.1, -0.05) is 6.07 Å². The van der Waals surface area contributed by atoms with E-state index >= 15 is 0 Å². The van der Waals surface area contributed by atoms with Crippen molar-refractivity contribution >= 4 is 28.9 Å². The summed E-state index contributed by atoms with van der Waals surface area (Å²) in [6.07, 6.45) is 3.36. The molecule has 2 aromatic carbocycles. The van der Waals surface area contributed by atoms with Crippen LogP contribution in [0.2, 0.25) is 0 Å². The Morgan fingerprint density at radius 1 is 1.06 bits per heavy atom. The van der Waals surface area contributed by atoms with Crippen LogP contribution in [0.1, 0.15) is 53.8 Å². The molecule has 1 fully saturated rings. The molecule has 0 bridgehead atoms. The van der Waals surface area contributed by atoms with Crippen molar-refractivity contribution in [3.8, 4) is 0 Å². The number of carbonyl (C=O) groups excluding carboxylic acids is 2. The maximum absolute atomic E-state index is 13.2. The third kappa shape index (κ3) is 5.20. The summed E-state index contributed by atoms with van der Waals surface area (Å²) in [6.45, 7) is 6.87. The van der Waals surface area contributed by atoms with E-state index in [1.807, 2.05) is 19.9 Å². The number of non-ortho nitro benzene ring substituents is 1. The molecule has 1 saturated heterocycles. The van der Waals surface area contributed by atoms with Gasteiger partial charge < -0.3 is 15.1 Å². The Labute approximate surface area is 182 Å². The molecule has 2 amide bonds. The van der Waals surface area contributed by atoms with Crippen LogP contribution >= 0.6 is 0 Å². The number of nitro benzene ring substituents is 1. The van der Waals surface area contributed by atoms with Crippen LogP contribution in [-0.4, -0.2) is 47.8 Å². The van der Waals surface area contributed by atoms with E-state index in [9.17, 15) is 19.7 Å². The zero-order valence-corrected chi connectivity index (χ0v) is 18.0. The van der Waals surface area contributed by atoms with E-state index in [4.69, 9.17) is 0 Å². The van der Waals surface area contributed by atoms with Gasteiger partial charge in [0, 0.05) is 55.2 Å². The Kier molecular flexibility index (Phi) is 7.23. The van der Waals surface area contributed by atoms with Gasteiger partial charge in [-0.15, -0.1) is 0 Å².